The van der Waals surface area contributed by atoms with Gasteiger partial charge in [0.15, 0.2) is 0 Å². The van der Waals surface area contributed by atoms with E-state index < -0.39 is 5.60 Å². The molecule has 2 unspecified atom stereocenters. The monoisotopic (exact) mass is 395 g/mol. The van der Waals surface area contributed by atoms with Crippen molar-refractivity contribution in [3.63, 3.8) is 0 Å². The number of carbonyl (C=O) groups excluding carboxylic acids is 1. The molecule has 1 heterocycles. The van der Waals surface area contributed by atoms with Crippen LogP contribution in [0.4, 0.5) is 0 Å². The zero-order valence-corrected chi connectivity index (χ0v) is 18.9. The van der Waals surface area contributed by atoms with Crippen LogP contribution in [-0.2, 0) is 11.2 Å². The summed E-state index contributed by atoms with van der Waals surface area (Å²) in [7, 11) is 0. The summed E-state index contributed by atoms with van der Waals surface area (Å²) < 4.78 is 12.2. The number of esters is 1. The van der Waals surface area contributed by atoms with E-state index in [9.17, 15) is 4.79 Å². The lowest BCUT2D eigenvalue weighted by Crippen LogP contribution is -2.47. The smallest absolute Gasteiger partial charge is 0.308 e. The number of carbonyl (C=O) groups is 1. The van der Waals surface area contributed by atoms with Crippen LogP contribution in [0.5, 0.6) is 11.5 Å². The predicted octanol–water partition coefficient (Wildman–Crippen LogP) is 5.25. The average molecular weight is 396 g/mol. The fraction of sp³-hybridized carbons (Fsp3) is 0.480. The molecule has 0 aliphatic carbocycles. The molecule has 0 amide bonds. The fourth-order valence-corrected chi connectivity index (χ4v) is 4.75. The number of hydrogen-bond donors (Lipinski definition) is 1. The molecule has 0 aromatic heterocycles. The summed E-state index contributed by atoms with van der Waals surface area (Å²) in [5.41, 5.74) is 15.2. The molecule has 1 aliphatic heterocycles. The highest BCUT2D eigenvalue weighted by atomic mass is 16.5. The maximum absolute atomic E-state index is 11.6. The fourth-order valence-electron chi connectivity index (χ4n) is 4.75. The molecular formula is C25H33NO3. The quantitative estimate of drug-likeness (QED) is 0.570. The van der Waals surface area contributed by atoms with E-state index >= 15 is 0 Å². The second kappa shape index (κ2) is 7.49. The Hall–Kier alpha value is -2.33. The first kappa shape index (κ1) is 21.4. The van der Waals surface area contributed by atoms with Crippen LogP contribution in [0.25, 0.3) is 0 Å². The molecule has 1 aliphatic rings. The lowest BCUT2D eigenvalue weighted by Gasteiger charge is -2.42. The molecule has 4 heteroatoms. The number of aryl methyl sites for hydroxylation is 3. The number of fused-ring (bicyclic) bond motifs is 1. The Morgan fingerprint density at radius 1 is 1.07 bits per heavy atom. The number of nitrogens with two attached hydrogens (primary N) is 1. The van der Waals surface area contributed by atoms with Crippen LogP contribution in [0.15, 0.2) is 12.1 Å². The summed E-state index contributed by atoms with van der Waals surface area (Å²) >= 11 is 0. The zero-order chi connectivity index (χ0) is 21.7. The van der Waals surface area contributed by atoms with Gasteiger partial charge in [-0.3, -0.25) is 4.79 Å². The van der Waals surface area contributed by atoms with Gasteiger partial charge >= 0.3 is 5.97 Å². The topological polar surface area (TPSA) is 61.5 Å². The molecule has 0 radical (unpaired) electrons. The Kier molecular flexibility index (Phi) is 5.52. The van der Waals surface area contributed by atoms with Crippen molar-refractivity contribution in [3.8, 4) is 11.5 Å². The van der Waals surface area contributed by atoms with Gasteiger partial charge in [0.2, 0.25) is 0 Å². The van der Waals surface area contributed by atoms with E-state index in [2.05, 4.69) is 39.8 Å². The molecule has 4 nitrogen and oxygen atoms in total. The Morgan fingerprint density at radius 3 is 2.21 bits per heavy atom. The van der Waals surface area contributed by atoms with E-state index in [4.69, 9.17) is 15.2 Å². The molecule has 156 valence electrons. The van der Waals surface area contributed by atoms with Crippen LogP contribution in [0, 0.1) is 41.5 Å². The van der Waals surface area contributed by atoms with Crippen molar-refractivity contribution in [1.82, 2.24) is 0 Å². The Labute approximate surface area is 174 Å². The highest BCUT2D eigenvalue weighted by Gasteiger charge is 2.41. The molecule has 2 aromatic rings. The van der Waals surface area contributed by atoms with E-state index in [0.717, 1.165) is 40.8 Å². The van der Waals surface area contributed by atoms with Gasteiger partial charge in [0.25, 0.3) is 0 Å². The zero-order valence-electron chi connectivity index (χ0n) is 18.9. The molecule has 2 atom stereocenters. The van der Waals surface area contributed by atoms with Gasteiger partial charge in [0.05, 0.1) is 6.04 Å². The third kappa shape index (κ3) is 3.66. The lowest BCUT2D eigenvalue weighted by molar-refractivity contribution is -0.132. The predicted molar refractivity (Wildman–Crippen MR) is 117 cm³/mol. The van der Waals surface area contributed by atoms with Crippen LogP contribution in [0.1, 0.15) is 70.8 Å². The first-order valence-electron chi connectivity index (χ1n) is 10.3. The van der Waals surface area contributed by atoms with Gasteiger partial charge < -0.3 is 15.2 Å². The number of rotatable bonds is 3. The van der Waals surface area contributed by atoms with E-state index in [0.29, 0.717) is 5.75 Å². The van der Waals surface area contributed by atoms with Crippen molar-refractivity contribution in [2.24, 2.45) is 5.73 Å². The minimum Gasteiger partial charge on any atom is -0.485 e. The summed E-state index contributed by atoms with van der Waals surface area (Å²) in [5, 5.41) is 0. The van der Waals surface area contributed by atoms with Crippen LogP contribution in [-0.4, -0.2) is 11.6 Å². The molecule has 0 fully saturated rings. The Morgan fingerprint density at radius 2 is 1.66 bits per heavy atom. The molecule has 2 aromatic carbocycles. The maximum atomic E-state index is 11.6. The molecule has 0 bridgehead atoms. The third-order valence-electron chi connectivity index (χ3n) is 6.47. The van der Waals surface area contributed by atoms with Crippen molar-refractivity contribution in [2.75, 3.05) is 0 Å². The number of benzene rings is 2. The van der Waals surface area contributed by atoms with Crippen LogP contribution in [0.2, 0.25) is 0 Å². The summed E-state index contributed by atoms with van der Waals surface area (Å²) in [6.45, 7) is 15.9. The van der Waals surface area contributed by atoms with E-state index in [1.807, 2.05) is 20.8 Å². The van der Waals surface area contributed by atoms with Crippen LogP contribution in [0.3, 0.4) is 0 Å². The van der Waals surface area contributed by atoms with Gasteiger partial charge in [-0.25, -0.2) is 0 Å². The van der Waals surface area contributed by atoms with Crippen LogP contribution < -0.4 is 15.2 Å². The first-order chi connectivity index (χ1) is 13.5. The highest BCUT2D eigenvalue weighted by molar-refractivity contribution is 5.72. The second-order valence-corrected chi connectivity index (χ2v) is 8.81. The molecule has 0 saturated heterocycles. The first-order valence-corrected chi connectivity index (χ1v) is 10.3. The molecule has 2 N–H and O–H groups in total. The van der Waals surface area contributed by atoms with E-state index in [1.54, 1.807) is 0 Å². The minimum atomic E-state index is -0.510. The molecule has 3 rings (SSSR count). The van der Waals surface area contributed by atoms with Crippen molar-refractivity contribution >= 4 is 5.97 Å². The average Bonchev–Trinajstić information content (AvgIpc) is 2.62. The van der Waals surface area contributed by atoms with Gasteiger partial charge in [0.1, 0.15) is 17.1 Å². The number of hydrogen-bond acceptors (Lipinski definition) is 4. The van der Waals surface area contributed by atoms with Gasteiger partial charge in [-0.2, -0.15) is 0 Å². The van der Waals surface area contributed by atoms with Gasteiger partial charge in [-0.05, 0) is 94.7 Å². The van der Waals surface area contributed by atoms with Crippen LogP contribution >= 0.6 is 0 Å². The SMILES string of the molecule is CC(=O)Oc1c(C)c(C)c2c(c1C)CCC(C)(C(N)c1c(C)cc(C)cc1C)O2. The molecule has 0 saturated carbocycles. The van der Waals surface area contributed by atoms with Gasteiger partial charge in [-0.15, -0.1) is 0 Å². The summed E-state index contributed by atoms with van der Waals surface area (Å²) in [6, 6.07) is 4.14. The summed E-state index contributed by atoms with van der Waals surface area (Å²) in [4.78, 5) is 11.6. The van der Waals surface area contributed by atoms with Crippen molar-refractivity contribution in [3.05, 3.63) is 56.6 Å². The summed E-state index contributed by atoms with van der Waals surface area (Å²) in [6.07, 6.45) is 1.64. The number of ether oxygens (including phenoxy) is 2. The van der Waals surface area contributed by atoms with Gasteiger partial charge in [-0.1, -0.05) is 17.7 Å². The normalized spacial score (nSPS) is 19.3. The molecule has 29 heavy (non-hydrogen) atoms. The highest BCUT2D eigenvalue weighted by Crippen LogP contribution is 2.47. The van der Waals surface area contributed by atoms with E-state index in [-0.39, 0.29) is 12.0 Å². The van der Waals surface area contributed by atoms with Gasteiger partial charge in [0, 0.05) is 12.5 Å². The second-order valence-electron chi connectivity index (χ2n) is 8.81. The molecule has 0 spiro atoms. The van der Waals surface area contributed by atoms with E-state index in [1.165, 1.54) is 29.2 Å². The lowest BCUT2D eigenvalue weighted by atomic mass is 9.79. The third-order valence-corrected chi connectivity index (χ3v) is 6.47. The Balaban J connectivity index is 2.06. The largest absolute Gasteiger partial charge is 0.485 e. The minimum absolute atomic E-state index is 0.232. The molecular weight excluding hydrogens is 362 g/mol. The Bertz CT molecular complexity index is 969. The maximum Gasteiger partial charge on any atom is 0.308 e. The van der Waals surface area contributed by atoms with Crippen molar-refractivity contribution < 1.29 is 14.3 Å². The standard InChI is InChI=1S/C25H33NO3/c1-13-11-14(2)21(15(3)12-13)24(26)25(8)10-9-20-18(6)22(28-19(7)27)16(4)17(5)23(20)29-25/h11-12,24H,9-10,26H2,1-8H3. The summed E-state index contributed by atoms with van der Waals surface area (Å²) in [5.74, 6) is 1.25. The van der Waals surface area contributed by atoms with Crippen molar-refractivity contribution in [2.45, 2.75) is 79.9 Å². The van der Waals surface area contributed by atoms with Crippen molar-refractivity contribution in [1.29, 1.82) is 0 Å².